The van der Waals surface area contributed by atoms with E-state index in [1.54, 1.807) is 24.3 Å². The van der Waals surface area contributed by atoms with Gasteiger partial charge in [-0.15, -0.1) is 10.2 Å². The summed E-state index contributed by atoms with van der Waals surface area (Å²) in [6.45, 7) is 1.93. The van der Waals surface area contributed by atoms with E-state index in [1.807, 2.05) is 49.4 Å². The molecule has 9 heteroatoms. The molecule has 33 heavy (non-hydrogen) atoms. The predicted molar refractivity (Wildman–Crippen MR) is 130 cm³/mol. The Morgan fingerprint density at radius 1 is 0.970 bits per heavy atom. The molecule has 0 atom stereocenters. The fourth-order valence-electron chi connectivity index (χ4n) is 3.16. The van der Waals surface area contributed by atoms with E-state index in [-0.39, 0.29) is 10.5 Å². The highest BCUT2D eigenvalue weighted by atomic mass is 32.2. The van der Waals surface area contributed by atoms with Crippen molar-refractivity contribution >= 4 is 38.1 Å². The molecule has 0 radical (unpaired) electrons. The second-order valence-electron chi connectivity index (χ2n) is 7.45. The molecule has 4 aromatic rings. The number of aryl methyl sites for hydroxylation is 1. The number of aromatic nitrogens is 2. The Kier molecular flexibility index (Phi) is 6.52. The zero-order valence-corrected chi connectivity index (χ0v) is 19.7. The Labute approximate surface area is 196 Å². The number of carbonyl (C=O) groups is 1. The van der Waals surface area contributed by atoms with Crippen LogP contribution in [0.4, 0.5) is 10.8 Å². The van der Waals surface area contributed by atoms with E-state index in [9.17, 15) is 13.2 Å². The maximum atomic E-state index is 13.1. The van der Waals surface area contributed by atoms with Crippen LogP contribution in [0, 0.1) is 6.92 Å². The van der Waals surface area contributed by atoms with Crippen molar-refractivity contribution in [2.75, 3.05) is 16.7 Å². The van der Waals surface area contributed by atoms with Crippen molar-refractivity contribution in [3.05, 3.63) is 101 Å². The summed E-state index contributed by atoms with van der Waals surface area (Å²) < 4.78 is 27.4. The molecule has 3 aromatic carbocycles. The van der Waals surface area contributed by atoms with Gasteiger partial charge in [-0.1, -0.05) is 65.4 Å². The fourth-order valence-corrected chi connectivity index (χ4v) is 5.18. The topological polar surface area (TPSA) is 92.3 Å². The molecule has 1 N–H and O–H groups in total. The van der Waals surface area contributed by atoms with Crippen molar-refractivity contribution in [1.82, 2.24) is 10.2 Å². The van der Waals surface area contributed by atoms with Crippen LogP contribution in [-0.4, -0.2) is 31.6 Å². The lowest BCUT2D eigenvalue weighted by atomic mass is 10.2. The first-order valence-electron chi connectivity index (χ1n) is 10.2. The van der Waals surface area contributed by atoms with Crippen LogP contribution >= 0.6 is 11.3 Å². The summed E-state index contributed by atoms with van der Waals surface area (Å²) in [5, 5.41) is 12.0. The van der Waals surface area contributed by atoms with Crippen molar-refractivity contribution in [3.63, 3.8) is 0 Å². The van der Waals surface area contributed by atoms with Crippen LogP contribution < -0.4 is 9.62 Å². The standard InChI is InChI=1S/C24H22N4O3S2/c1-17-11-13-20(14-12-17)28(2)33(30,31)21-10-6-9-19(16-21)23(29)25-24-27-26-22(32-24)15-18-7-4-3-5-8-18/h3-14,16H,15H2,1-2H3,(H,25,27,29). The Hall–Kier alpha value is -3.56. The number of nitrogens with zero attached hydrogens (tertiary/aromatic N) is 3. The molecule has 0 saturated heterocycles. The SMILES string of the molecule is Cc1ccc(N(C)S(=O)(=O)c2cccc(C(=O)Nc3nnc(Cc4ccccc4)s3)c2)cc1. The number of hydrogen-bond donors (Lipinski definition) is 1. The summed E-state index contributed by atoms with van der Waals surface area (Å²) in [4.78, 5) is 12.8. The van der Waals surface area contributed by atoms with Gasteiger partial charge in [0.1, 0.15) is 5.01 Å². The number of rotatable bonds is 7. The van der Waals surface area contributed by atoms with E-state index in [0.717, 1.165) is 16.1 Å². The van der Waals surface area contributed by atoms with Gasteiger partial charge in [-0.2, -0.15) is 0 Å². The van der Waals surface area contributed by atoms with Crippen LogP contribution in [0.5, 0.6) is 0 Å². The first-order valence-corrected chi connectivity index (χ1v) is 12.4. The Morgan fingerprint density at radius 2 is 1.70 bits per heavy atom. The second-order valence-corrected chi connectivity index (χ2v) is 10.5. The molecule has 4 rings (SSSR count). The highest BCUT2D eigenvalue weighted by Crippen LogP contribution is 2.24. The Bertz CT molecular complexity index is 1370. The van der Waals surface area contributed by atoms with Gasteiger partial charge in [0, 0.05) is 19.0 Å². The van der Waals surface area contributed by atoms with Crippen LogP contribution in [0.15, 0.2) is 83.8 Å². The first kappa shape index (κ1) is 22.6. The summed E-state index contributed by atoms with van der Waals surface area (Å²) >= 11 is 1.28. The lowest BCUT2D eigenvalue weighted by molar-refractivity contribution is 0.102. The number of hydrogen-bond acceptors (Lipinski definition) is 6. The quantitative estimate of drug-likeness (QED) is 0.422. The summed E-state index contributed by atoms with van der Waals surface area (Å²) in [6, 6.07) is 23.0. The Morgan fingerprint density at radius 3 is 2.42 bits per heavy atom. The zero-order valence-electron chi connectivity index (χ0n) is 18.1. The minimum Gasteiger partial charge on any atom is -0.296 e. The summed E-state index contributed by atoms with van der Waals surface area (Å²) in [5.41, 5.74) is 2.89. The first-order chi connectivity index (χ1) is 15.8. The highest BCUT2D eigenvalue weighted by Gasteiger charge is 2.22. The molecule has 0 aliphatic carbocycles. The van der Waals surface area contributed by atoms with E-state index in [2.05, 4.69) is 15.5 Å². The van der Waals surface area contributed by atoms with Gasteiger partial charge >= 0.3 is 0 Å². The van der Waals surface area contributed by atoms with Crippen molar-refractivity contribution in [1.29, 1.82) is 0 Å². The molecule has 0 bridgehead atoms. The van der Waals surface area contributed by atoms with Crippen molar-refractivity contribution in [2.45, 2.75) is 18.2 Å². The number of carbonyl (C=O) groups excluding carboxylic acids is 1. The minimum absolute atomic E-state index is 0.0280. The minimum atomic E-state index is -3.84. The maximum Gasteiger partial charge on any atom is 0.264 e. The third kappa shape index (κ3) is 5.27. The maximum absolute atomic E-state index is 13.1. The van der Waals surface area contributed by atoms with Crippen molar-refractivity contribution < 1.29 is 13.2 Å². The van der Waals surface area contributed by atoms with E-state index in [4.69, 9.17) is 0 Å². The molecule has 0 spiro atoms. The average Bonchev–Trinajstić information content (AvgIpc) is 3.26. The highest BCUT2D eigenvalue weighted by molar-refractivity contribution is 7.92. The number of amides is 1. The van der Waals surface area contributed by atoms with E-state index < -0.39 is 15.9 Å². The van der Waals surface area contributed by atoms with Crippen LogP contribution in [0.1, 0.15) is 26.5 Å². The van der Waals surface area contributed by atoms with E-state index >= 15 is 0 Å². The van der Waals surface area contributed by atoms with Gasteiger partial charge in [-0.05, 0) is 42.8 Å². The third-order valence-electron chi connectivity index (χ3n) is 5.04. The van der Waals surface area contributed by atoms with Crippen molar-refractivity contribution in [2.24, 2.45) is 0 Å². The average molecular weight is 479 g/mol. The number of nitrogens with one attached hydrogen (secondary N) is 1. The van der Waals surface area contributed by atoms with E-state index in [0.29, 0.717) is 17.2 Å². The van der Waals surface area contributed by atoms with Crippen LogP contribution in [0.3, 0.4) is 0 Å². The van der Waals surface area contributed by atoms with Gasteiger partial charge in [0.05, 0.1) is 10.6 Å². The lowest BCUT2D eigenvalue weighted by Gasteiger charge is -2.20. The molecule has 0 fully saturated rings. The van der Waals surface area contributed by atoms with Gasteiger partial charge in [-0.3, -0.25) is 14.4 Å². The summed E-state index contributed by atoms with van der Waals surface area (Å²) in [7, 11) is -2.35. The van der Waals surface area contributed by atoms with Crippen molar-refractivity contribution in [3.8, 4) is 0 Å². The van der Waals surface area contributed by atoms with Gasteiger partial charge in [-0.25, -0.2) is 8.42 Å². The van der Waals surface area contributed by atoms with E-state index in [1.165, 1.54) is 34.8 Å². The third-order valence-corrected chi connectivity index (χ3v) is 7.66. The lowest BCUT2D eigenvalue weighted by Crippen LogP contribution is -2.26. The van der Waals surface area contributed by atoms with Gasteiger partial charge < -0.3 is 0 Å². The molecule has 7 nitrogen and oxygen atoms in total. The molecule has 0 saturated carbocycles. The molecular formula is C24H22N4O3S2. The molecule has 1 amide bonds. The largest absolute Gasteiger partial charge is 0.296 e. The molecular weight excluding hydrogens is 456 g/mol. The van der Waals surface area contributed by atoms with Crippen LogP contribution in [-0.2, 0) is 16.4 Å². The number of sulfonamides is 1. The molecule has 0 aliphatic heterocycles. The molecule has 168 valence electrons. The molecule has 1 heterocycles. The molecule has 0 aliphatic rings. The van der Waals surface area contributed by atoms with Crippen LogP contribution in [0.25, 0.3) is 0 Å². The van der Waals surface area contributed by atoms with Crippen LogP contribution in [0.2, 0.25) is 0 Å². The smallest absolute Gasteiger partial charge is 0.264 e. The van der Waals surface area contributed by atoms with Gasteiger partial charge in [0.2, 0.25) is 5.13 Å². The number of anilines is 2. The van der Waals surface area contributed by atoms with Gasteiger partial charge in [0.15, 0.2) is 0 Å². The predicted octanol–water partition coefficient (Wildman–Crippen LogP) is 4.51. The Balaban J connectivity index is 1.49. The van der Waals surface area contributed by atoms with Gasteiger partial charge in [0.25, 0.3) is 15.9 Å². The normalized spacial score (nSPS) is 11.2. The second kappa shape index (κ2) is 9.51. The fraction of sp³-hybridized carbons (Fsp3) is 0.125. The number of benzene rings is 3. The molecule has 0 unspecified atom stereocenters. The molecule has 1 aromatic heterocycles. The monoisotopic (exact) mass is 478 g/mol. The zero-order chi connectivity index (χ0) is 23.4. The summed E-state index contributed by atoms with van der Waals surface area (Å²) in [6.07, 6.45) is 0.619. The summed E-state index contributed by atoms with van der Waals surface area (Å²) in [5.74, 6) is -0.451.